The molecule has 0 aliphatic heterocycles. The van der Waals surface area contributed by atoms with Crippen LogP contribution in [0.15, 0.2) is 0 Å². The molecule has 31 heavy (non-hydrogen) atoms. The fourth-order valence-corrected chi connectivity index (χ4v) is 9.00. The number of esters is 1. The Balaban J connectivity index is 1.53. The van der Waals surface area contributed by atoms with Gasteiger partial charge in [0.2, 0.25) is 0 Å². The van der Waals surface area contributed by atoms with Gasteiger partial charge < -0.3 is 20.1 Å². The van der Waals surface area contributed by atoms with Gasteiger partial charge >= 0.3 is 5.97 Å². The van der Waals surface area contributed by atoms with Crippen LogP contribution in [0.2, 0.25) is 0 Å². The summed E-state index contributed by atoms with van der Waals surface area (Å²) in [5.74, 6) is 2.05. The molecule has 0 aromatic rings. The molecule has 11 atom stereocenters. The first kappa shape index (κ1) is 23.5. The molecule has 7 unspecified atom stereocenters. The Morgan fingerprint density at radius 2 is 1.81 bits per heavy atom. The van der Waals surface area contributed by atoms with Gasteiger partial charge in [-0.05, 0) is 104 Å². The van der Waals surface area contributed by atoms with Gasteiger partial charge in [0.05, 0.1) is 25.4 Å². The third kappa shape index (κ3) is 3.77. The highest BCUT2D eigenvalue weighted by Crippen LogP contribution is 2.68. The molecule has 4 saturated carbocycles. The third-order valence-corrected chi connectivity index (χ3v) is 10.8. The summed E-state index contributed by atoms with van der Waals surface area (Å²) in [5, 5.41) is 33.2. The molecule has 0 bridgehead atoms. The van der Waals surface area contributed by atoms with E-state index in [0.717, 1.165) is 57.8 Å². The Hall–Kier alpha value is -0.650. The maximum Gasteiger partial charge on any atom is 0.305 e. The van der Waals surface area contributed by atoms with E-state index in [9.17, 15) is 20.1 Å². The number of ether oxygens (including phenoxy) is 1. The summed E-state index contributed by atoms with van der Waals surface area (Å²) in [5.41, 5.74) is -0.0418. The van der Waals surface area contributed by atoms with E-state index >= 15 is 0 Å². The fourth-order valence-electron chi connectivity index (χ4n) is 9.00. The molecule has 0 saturated heterocycles. The molecular formula is C26H44O5. The molecule has 0 heterocycles. The average molecular weight is 437 g/mol. The first-order chi connectivity index (χ1) is 14.6. The molecule has 5 nitrogen and oxygen atoms in total. The second kappa shape index (κ2) is 8.61. The van der Waals surface area contributed by atoms with Gasteiger partial charge in [-0.25, -0.2) is 0 Å². The van der Waals surface area contributed by atoms with Crippen LogP contribution in [-0.2, 0) is 9.53 Å². The van der Waals surface area contributed by atoms with Crippen LogP contribution in [0.25, 0.3) is 0 Å². The maximum atomic E-state index is 11.6. The fraction of sp³-hybridized carbons (Fsp3) is 0.962. The maximum absolute atomic E-state index is 11.6. The molecule has 0 aromatic carbocycles. The van der Waals surface area contributed by atoms with E-state index in [1.165, 1.54) is 7.11 Å². The largest absolute Gasteiger partial charge is 0.469 e. The van der Waals surface area contributed by atoms with Crippen LogP contribution < -0.4 is 0 Å². The van der Waals surface area contributed by atoms with Gasteiger partial charge in [-0.15, -0.1) is 0 Å². The van der Waals surface area contributed by atoms with E-state index in [1.54, 1.807) is 0 Å². The monoisotopic (exact) mass is 436 g/mol. The van der Waals surface area contributed by atoms with Crippen molar-refractivity contribution in [3.8, 4) is 0 Å². The number of aliphatic hydroxyl groups excluding tert-OH is 3. The van der Waals surface area contributed by atoms with E-state index in [-0.39, 0.29) is 41.0 Å². The second-order valence-electron chi connectivity index (χ2n) is 12.0. The molecule has 3 N–H and O–H groups in total. The number of fused-ring (bicyclic) bond motifs is 5. The van der Waals surface area contributed by atoms with E-state index in [4.69, 9.17) is 4.74 Å². The van der Waals surface area contributed by atoms with Gasteiger partial charge in [0.25, 0.3) is 0 Å². The highest BCUT2D eigenvalue weighted by atomic mass is 16.5. The van der Waals surface area contributed by atoms with Crippen LogP contribution in [0.1, 0.15) is 85.0 Å². The van der Waals surface area contributed by atoms with Crippen LogP contribution in [-0.4, -0.2) is 46.7 Å². The van der Waals surface area contributed by atoms with Crippen molar-refractivity contribution in [1.29, 1.82) is 0 Å². The van der Waals surface area contributed by atoms with Crippen LogP contribution in [0.3, 0.4) is 0 Å². The number of hydrogen-bond acceptors (Lipinski definition) is 5. The summed E-state index contributed by atoms with van der Waals surface area (Å²) in [6, 6.07) is 0. The Labute approximate surface area is 187 Å². The predicted octanol–water partition coefficient (Wildman–Crippen LogP) is 3.93. The zero-order valence-corrected chi connectivity index (χ0v) is 19.9. The molecule has 4 rings (SSSR count). The lowest BCUT2D eigenvalue weighted by Crippen LogP contribution is -2.62. The van der Waals surface area contributed by atoms with Crippen molar-refractivity contribution in [3.05, 3.63) is 0 Å². The van der Waals surface area contributed by atoms with Crippen molar-refractivity contribution >= 4 is 5.97 Å². The Bertz CT molecular complexity index is 666. The number of carbonyl (C=O) groups excluding carboxylic acids is 1. The zero-order valence-electron chi connectivity index (χ0n) is 19.9. The minimum absolute atomic E-state index is 0.121. The first-order valence-corrected chi connectivity index (χ1v) is 12.7. The lowest BCUT2D eigenvalue weighted by Gasteiger charge is -2.63. The summed E-state index contributed by atoms with van der Waals surface area (Å²) in [6.07, 6.45) is 7.81. The van der Waals surface area contributed by atoms with E-state index in [0.29, 0.717) is 36.0 Å². The molecule has 4 fully saturated rings. The quantitative estimate of drug-likeness (QED) is 0.569. The van der Waals surface area contributed by atoms with Crippen LogP contribution >= 0.6 is 0 Å². The Morgan fingerprint density at radius 3 is 2.52 bits per heavy atom. The van der Waals surface area contributed by atoms with Crippen molar-refractivity contribution in [2.45, 2.75) is 103 Å². The van der Waals surface area contributed by atoms with E-state index in [2.05, 4.69) is 20.8 Å². The zero-order chi connectivity index (χ0) is 22.6. The van der Waals surface area contributed by atoms with E-state index in [1.807, 2.05) is 0 Å². The number of rotatable bonds is 5. The minimum Gasteiger partial charge on any atom is -0.469 e. The van der Waals surface area contributed by atoms with Gasteiger partial charge in [0.15, 0.2) is 0 Å². The summed E-state index contributed by atoms with van der Waals surface area (Å²) in [6.45, 7) is 6.95. The van der Waals surface area contributed by atoms with Crippen LogP contribution in [0, 0.1) is 46.3 Å². The number of methoxy groups -OCH3 is 1. The van der Waals surface area contributed by atoms with Crippen molar-refractivity contribution in [2.24, 2.45) is 46.3 Å². The molecule has 5 heteroatoms. The summed E-state index contributed by atoms with van der Waals surface area (Å²) < 4.78 is 4.79. The van der Waals surface area contributed by atoms with Crippen LogP contribution in [0.5, 0.6) is 0 Å². The highest BCUT2D eigenvalue weighted by molar-refractivity contribution is 5.68. The SMILES string of the molecule is COC(=O)CCCC(C)[C@H]1CCC2C3C(C[C@H](O)C21C)C1(C)CC[C@@H](O)CC1C[C@H]3O. The van der Waals surface area contributed by atoms with E-state index < -0.39 is 0 Å². The molecule has 4 aliphatic carbocycles. The molecule has 0 radical (unpaired) electrons. The van der Waals surface area contributed by atoms with Gasteiger partial charge in [-0.1, -0.05) is 20.8 Å². The normalized spacial score (nSPS) is 50.2. The molecule has 4 aliphatic rings. The summed E-state index contributed by atoms with van der Waals surface area (Å²) in [4.78, 5) is 11.5. The van der Waals surface area contributed by atoms with Gasteiger partial charge in [0, 0.05) is 6.42 Å². The minimum atomic E-state index is -0.344. The molecule has 0 aromatic heterocycles. The lowest BCUT2D eigenvalue weighted by molar-refractivity contribution is -0.207. The number of carbonyl (C=O) groups is 1. The summed E-state index contributed by atoms with van der Waals surface area (Å²) in [7, 11) is 1.44. The average Bonchev–Trinajstić information content (AvgIpc) is 3.08. The standard InChI is InChI=1S/C26H44O5/c1-15(6-5-7-23(30)31-4)18-8-9-19-24-20(14-22(29)26(18,19)3)25(2)11-10-17(27)12-16(25)13-21(24)28/h15-22,24,27-29H,5-14H2,1-4H3/t15?,16?,17-,18-,19?,20?,21-,22+,24?,25?,26?/m1/s1. The molecular weight excluding hydrogens is 392 g/mol. The second-order valence-corrected chi connectivity index (χ2v) is 12.0. The number of hydrogen-bond donors (Lipinski definition) is 3. The van der Waals surface area contributed by atoms with Crippen molar-refractivity contribution in [2.75, 3.05) is 7.11 Å². The Morgan fingerprint density at radius 1 is 1.06 bits per heavy atom. The number of aliphatic hydroxyl groups is 3. The van der Waals surface area contributed by atoms with Crippen molar-refractivity contribution in [3.63, 3.8) is 0 Å². The van der Waals surface area contributed by atoms with Crippen LogP contribution in [0.4, 0.5) is 0 Å². The first-order valence-electron chi connectivity index (χ1n) is 12.7. The third-order valence-electron chi connectivity index (χ3n) is 10.8. The molecule has 0 amide bonds. The topological polar surface area (TPSA) is 87.0 Å². The highest BCUT2D eigenvalue weighted by Gasteiger charge is 2.65. The van der Waals surface area contributed by atoms with Gasteiger partial charge in [-0.2, -0.15) is 0 Å². The van der Waals surface area contributed by atoms with Gasteiger partial charge in [0.1, 0.15) is 0 Å². The molecule has 0 spiro atoms. The molecule has 178 valence electrons. The predicted molar refractivity (Wildman–Crippen MR) is 119 cm³/mol. The van der Waals surface area contributed by atoms with Crippen molar-refractivity contribution in [1.82, 2.24) is 0 Å². The smallest absolute Gasteiger partial charge is 0.305 e. The summed E-state index contributed by atoms with van der Waals surface area (Å²) >= 11 is 0. The lowest BCUT2D eigenvalue weighted by atomic mass is 9.43. The van der Waals surface area contributed by atoms with Gasteiger partial charge in [-0.3, -0.25) is 4.79 Å². The van der Waals surface area contributed by atoms with Crippen molar-refractivity contribution < 1.29 is 24.9 Å². The Kier molecular flexibility index (Phi) is 6.53.